The predicted molar refractivity (Wildman–Crippen MR) is 85.6 cm³/mol. The van der Waals surface area contributed by atoms with Gasteiger partial charge < -0.3 is 0 Å². The number of benzene rings is 2. The van der Waals surface area contributed by atoms with Gasteiger partial charge in [0.05, 0.1) is 3.42 Å². The Hall–Kier alpha value is -0.480. The minimum Gasteiger partial charge on any atom is -0.121 e. The van der Waals surface area contributed by atoms with Gasteiger partial charge in [0.15, 0.2) is 0 Å². The molecule has 0 saturated heterocycles. The number of hydrogen-bond acceptors (Lipinski definition) is 1. The third-order valence-corrected chi connectivity index (χ3v) is 6.84. The molecule has 0 radical (unpaired) electrons. The van der Waals surface area contributed by atoms with Gasteiger partial charge in [0.25, 0.3) is 0 Å². The van der Waals surface area contributed by atoms with E-state index in [-0.39, 0.29) is 3.42 Å². The van der Waals surface area contributed by atoms with Crippen LogP contribution in [0.5, 0.6) is 0 Å². The Balaban J connectivity index is 2.06. The molecule has 2 heteroatoms. The van der Waals surface area contributed by atoms with E-state index in [1.165, 1.54) is 23.3 Å². The summed E-state index contributed by atoms with van der Waals surface area (Å²) in [7, 11) is 0. The van der Waals surface area contributed by atoms with E-state index in [0.29, 0.717) is 0 Å². The van der Waals surface area contributed by atoms with Gasteiger partial charge in [-0.1, -0.05) is 59.0 Å². The maximum absolute atomic E-state index is 2.70. The van der Waals surface area contributed by atoms with E-state index in [0.717, 1.165) is 5.75 Å². The van der Waals surface area contributed by atoms with Crippen molar-refractivity contribution >= 4 is 34.4 Å². The topological polar surface area (TPSA) is 0 Å². The molecule has 0 saturated carbocycles. The molecule has 0 aromatic heterocycles. The minimum atomic E-state index is 0.212. The molecule has 4 rings (SSSR count). The van der Waals surface area contributed by atoms with Crippen molar-refractivity contribution in [1.29, 1.82) is 0 Å². The average Bonchev–Trinajstić information content (AvgIpc) is 2.70. The molecular weight excluding hydrogens is 351 g/mol. The molecule has 0 fully saturated rings. The number of halogens is 1. The fourth-order valence-electron chi connectivity index (χ4n) is 3.24. The van der Waals surface area contributed by atoms with Crippen molar-refractivity contribution in [3.05, 3.63) is 64.7 Å². The second kappa shape index (κ2) is 4.01. The van der Waals surface area contributed by atoms with Crippen LogP contribution in [0.15, 0.2) is 47.4 Å². The zero-order chi connectivity index (χ0) is 12.2. The summed E-state index contributed by atoms with van der Waals surface area (Å²) in [5, 5.41) is 0. The molecule has 0 amide bonds. The van der Waals surface area contributed by atoms with Crippen LogP contribution < -0.4 is 0 Å². The first-order chi connectivity index (χ1) is 8.79. The van der Waals surface area contributed by atoms with Gasteiger partial charge in [-0.2, -0.15) is 0 Å². The second-order valence-corrected chi connectivity index (χ2v) is 7.90. The molecule has 1 atom stereocenters. The Bertz CT molecular complexity index is 635. The van der Waals surface area contributed by atoms with Gasteiger partial charge in [-0.05, 0) is 41.2 Å². The fourth-order valence-corrected chi connectivity index (χ4v) is 6.05. The Morgan fingerprint density at radius 2 is 1.83 bits per heavy atom. The molecule has 0 spiro atoms. The van der Waals surface area contributed by atoms with E-state index in [9.17, 15) is 0 Å². The highest BCUT2D eigenvalue weighted by molar-refractivity contribution is 14.1. The van der Waals surface area contributed by atoms with E-state index in [1.807, 2.05) is 11.8 Å². The highest BCUT2D eigenvalue weighted by Crippen LogP contribution is 2.55. The maximum atomic E-state index is 2.70. The summed E-state index contributed by atoms with van der Waals surface area (Å²) in [6.07, 6.45) is 2.47. The maximum Gasteiger partial charge on any atom is 0.0738 e. The lowest BCUT2D eigenvalue weighted by Gasteiger charge is -2.25. The van der Waals surface area contributed by atoms with Gasteiger partial charge in [0.1, 0.15) is 0 Å². The van der Waals surface area contributed by atoms with Crippen LogP contribution in [-0.4, -0.2) is 0 Å². The van der Waals surface area contributed by atoms with Crippen LogP contribution in [0.4, 0.5) is 0 Å². The molecule has 0 nitrogen and oxygen atoms in total. The first-order valence-electron chi connectivity index (χ1n) is 6.31. The second-order valence-electron chi connectivity index (χ2n) is 5.04. The van der Waals surface area contributed by atoms with Crippen molar-refractivity contribution < 1.29 is 0 Å². The number of hydrogen-bond donors (Lipinski definition) is 0. The third kappa shape index (κ3) is 1.45. The summed E-state index contributed by atoms with van der Waals surface area (Å²) >= 11 is 4.70. The smallest absolute Gasteiger partial charge is 0.0738 e. The standard InChI is InChI=1S/C16H13IS/c17-16-9-8-11-5-3-7-14(15(11)16)18-10-12-4-1-2-6-13(12)16/h1-7H,8-10H2. The molecule has 1 aliphatic carbocycles. The molecule has 1 aliphatic heterocycles. The normalized spacial score (nSPS) is 24.3. The van der Waals surface area contributed by atoms with Crippen molar-refractivity contribution in [3.8, 4) is 0 Å². The summed E-state index contributed by atoms with van der Waals surface area (Å²) in [4.78, 5) is 1.50. The SMILES string of the molecule is IC12CCc3cccc(c31)SCc1ccccc12. The lowest BCUT2D eigenvalue weighted by Crippen LogP contribution is -2.17. The van der Waals surface area contributed by atoms with E-state index in [1.54, 1.807) is 16.7 Å². The number of alkyl halides is 1. The van der Waals surface area contributed by atoms with Gasteiger partial charge in [0, 0.05) is 10.6 Å². The lowest BCUT2D eigenvalue weighted by molar-refractivity contribution is 0.746. The molecule has 1 heterocycles. The van der Waals surface area contributed by atoms with E-state index >= 15 is 0 Å². The summed E-state index contributed by atoms with van der Waals surface area (Å²) in [5.74, 6) is 1.11. The molecule has 0 N–H and O–H groups in total. The Kier molecular flexibility index (Phi) is 2.53. The molecule has 2 aromatic carbocycles. The van der Waals surface area contributed by atoms with Crippen molar-refractivity contribution in [2.24, 2.45) is 0 Å². The number of rotatable bonds is 0. The van der Waals surface area contributed by atoms with Crippen molar-refractivity contribution in [3.63, 3.8) is 0 Å². The van der Waals surface area contributed by atoms with Gasteiger partial charge >= 0.3 is 0 Å². The average molecular weight is 364 g/mol. The first kappa shape index (κ1) is 11.4. The summed E-state index contributed by atoms with van der Waals surface area (Å²) < 4.78 is 0.212. The Labute approximate surface area is 125 Å². The number of aryl methyl sites for hydroxylation is 1. The monoisotopic (exact) mass is 364 g/mol. The predicted octanol–water partition coefficient (Wildman–Crippen LogP) is 4.92. The minimum absolute atomic E-state index is 0.212. The highest BCUT2D eigenvalue weighted by atomic mass is 127. The zero-order valence-electron chi connectivity index (χ0n) is 9.95. The molecule has 2 aromatic rings. The molecule has 1 unspecified atom stereocenters. The largest absolute Gasteiger partial charge is 0.121 e. The van der Waals surface area contributed by atoms with Gasteiger partial charge in [-0.25, -0.2) is 0 Å². The molecule has 0 bridgehead atoms. The summed E-state index contributed by atoms with van der Waals surface area (Å²) in [5.41, 5.74) is 6.22. The van der Waals surface area contributed by atoms with Crippen molar-refractivity contribution in [1.82, 2.24) is 0 Å². The van der Waals surface area contributed by atoms with Crippen LogP contribution in [0.1, 0.15) is 28.7 Å². The number of thioether (sulfide) groups is 1. The number of fused-ring (bicyclic) bond motifs is 2. The van der Waals surface area contributed by atoms with Crippen LogP contribution in [0.3, 0.4) is 0 Å². The molecule has 90 valence electrons. The quantitative estimate of drug-likeness (QED) is 0.473. The third-order valence-electron chi connectivity index (χ3n) is 4.08. The van der Waals surface area contributed by atoms with E-state index < -0.39 is 0 Å². The van der Waals surface area contributed by atoms with Crippen molar-refractivity contribution in [2.45, 2.75) is 26.9 Å². The van der Waals surface area contributed by atoms with Gasteiger partial charge in [0.2, 0.25) is 0 Å². The van der Waals surface area contributed by atoms with Crippen LogP contribution >= 0.6 is 34.4 Å². The lowest BCUT2D eigenvalue weighted by atomic mass is 9.90. The Morgan fingerprint density at radius 1 is 1.00 bits per heavy atom. The molecule has 18 heavy (non-hydrogen) atoms. The molecule has 2 aliphatic rings. The van der Waals surface area contributed by atoms with Crippen LogP contribution in [0.2, 0.25) is 0 Å². The highest BCUT2D eigenvalue weighted by Gasteiger charge is 2.42. The van der Waals surface area contributed by atoms with E-state index in [2.05, 4.69) is 65.1 Å². The van der Waals surface area contributed by atoms with Gasteiger partial charge in [-0.3, -0.25) is 0 Å². The van der Waals surface area contributed by atoms with E-state index in [4.69, 9.17) is 0 Å². The van der Waals surface area contributed by atoms with Crippen LogP contribution in [-0.2, 0) is 15.6 Å². The van der Waals surface area contributed by atoms with Gasteiger partial charge in [-0.15, -0.1) is 11.8 Å². The summed E-state index contributed by atoms with van der Waals surface area (Å²) in [6, 6.07) is 15.8. The summed E-state index contributed by atoms with van der Waals surface area (Å²) in [6.45, 7) is 0. The first-order valence-corrected chi connectivity index (χ1v) is 8.38. The van der Waals surface area contributed by atoms with Crippen LogP contribution in [0, 0.1) is 0 Å². The van der Waals surface area contributed by atoms with Crippen LogP contribution in [0.25, 0.3) is 0 Å². The fraction of sp³-hybridized carbons (Fsp3) is 0.250. The van der Waals surface area contributed by atoms with Crippen molar-refractivity contribution in [2.75, 3.05) is 0 Å². The molecular formula is C16H13IS. The Morgan fingerprint density at radius 3 is 2.78 bits per heavy atom. The zero-order valence-corrected chi connectivity index (χ0v) is 12.9.